The number of rotatable bonds is 6. The first kappa shape index (κ1) is 78.8. The Balaban J connectivity index is 0.556. The molecule has 686 valence electrons. The molecular weight excluding hydrogens is 1800 g/mol. The second-order valence-electron chi connectivity index (χ2n) is 43.1. The number of para-hydroxylation sites is 3. The molecule has 36 rings (SSSR count). The van der Waals surface area contributed by atoms with E-state index < -0.39 is 16.2 Å². The summed E-state index contributed by atoms with van der Waals surface area (Å²) in [7, 11) is 0. The summed E-state index contributed by atoms with van der Waals surface area (Å²) in [4.78, 5) is 0. The highest BCUT2D eigenvalue weighted by molar-refractivity contribution is 6.36. The lowest BCUT2D eigenvalue weighted by molar-refractivity contribution is 0.582. The van der Waals surface area contributed by atoms with E-state index in [-0.39, 0.29) is 5.41 Å². The van der Waals surface area contributed by atoms with Crippen LogP contribution in [0.4, 0.5) is 0 Å². The Hall–Kier alpha value is -18.8. The smallest absolute Gasteiger partial charge is 0.136 e. The Kier molecular flexibility index (Phi) is 14.5. The fraction of sp³-hybridized carbons (Fsp3) is 0.0571. The maximum absolute atomic E-state index is 7.54. The largest absolute Gasteiger partial charge is 0.456 e. The molecule has 0 saturated heterocycles. The predicted molar refractivity (Wildman–Crippen MR) is 605 cm³/mol. The van der Waals surface area contributed by atoms with Crippen molar-refractivity contribution in [2.45, 2.75) is 48.9 Å². The lowest BCUT2D eigenvalue weighted by Gasteiger charge is -2.30. The third-order valence-electron chi connectivity index (χ3n) is 36.0. The second-order valence-corrected chi connectivity index (χ2v) is 43.1. The minimum atomic E-state index is -0.522. The van der Waals surface area contributed by atoms with Gasteiger partial charge in [0.05, 0.1) is 55.0 Å². The molecule has 6 aliphatic rings. The van der Waals surface area contributed by atoms with Crippen LogP contribution in [0.2, 0.25) is 0 Å². The highest BCUT2D eigenvalue weighted by atomic mass is 16.3. The summed E-state index contributed by atoms with van der Waals surface area (Å²) in [5.41, 5.74) is 50.5. The Morgan fingerprint density at radius 1 is 0.169 bits per heavy atom. The molecule has 8 heteroatoms. The number of benzene rings is 22. The average Bonchev–Trinajstić information content (AvgIpc) is 1.51. The van der Waals surface area contributed by atoms with Crippen LogP contribution >= 0.6 is 0 Å². The standard InChI is InChI=1S/C140H82N4O4/c1-137(2)101-37-15-4-30-85(101)93-67-77(49-54-102(93)137)141-113-58-62-124-133(89-34-12-23-45-121(89)145-124)129(113)97-71-98-118(73-117(97)141)142(114-59-63-125-134(130(98)114)90-35-13-24-46-122(90)146-125)78-50-55-104-94(68-78)86-31-5-16-38-103(86)138(104,3)75-76-48-53-92-128(66-76)148-127-65-61-116-132(136(92)127)100-72-99-119(74-120(100)144(116)80-52-57-112-96(70-80)88-33-11-22-44-110(88)140(112)107-41-19-8-28-83(107)84-29-9-20-42-108(84)140)143(115-60-64-126-135(131(99)115)91-36-14-25-47-123(91)147-126)79-51-56-111-95(69-79)87-32-10-21-43-109(87)139(111)105-39-17-6-26-81(105)82-27-7-18-40-106(82)139/h4-74H,75H2,1-3H3. The van der Waals surface area contributed by atoms with Crippen molar-refractivity contribution < 1.29 is 17.7 Å². The normalized spacial score (nSPS) is 15.3. The van der Waals surface area contributed by atoms with Gasteiger partial charge in [0.25, 0.3) is 0 Å². The zero-order chi connectivity index (χ0) is 96.3. The number of nitrogens with zero attached hydrogens (tertiary/aromatic N) is 4. The Morgan fingerprint density at radius 3 is 0.784 bits per heavy atom. The van der Waals surface area contributed by atoms with Gasteiger partial charge in [0.15, 0.2) is 0 Å². The molecule has 8 nitrogen and oxygen atoms in total. The van der Waals surface area contributed by atoms with Gasteiger partial charge in [0.2, 0.25) is 0 Å². The maximum Gasteiger partial charge on any atom is 0.136 e. The van der Waals surface area contributed by atoms with Crippen LogP contribution in [0.15, 0.2) is 448 Å². The van der Waals surface area contributed by atoms with Crippen molar-refractivity contribution in [1.29, 1.82) is 0 Å². The Bertz CT molecular complexity index is 11400. The first-order valence-electron chi connectivity index (χ1n) is 51.8. The monoisotopic (exact) mass is 1880 g/mol. The van der Waals surface area contributed by atoms with Gasteiger partial charge in [-0.3, -0.25) is 0 Å². The highest BCUT2D eigenvalue weighted by Gasteiger charge is 2.54. The van der Waals surface area contributed by atoms with Gasteiger partial charge in [-0.05, 0) is 291 Å². The summed E-state index contributed by atoms with van der Waals surface area (Å²) in [6.45, 7) is 7.21. The van der Waals surface area contributed by atoms with Gasteiger partial charge in [0.1, 0.15) is 44.7 Å². The summed E-state index contributed by atoms with van der Waals surface area (Å²) in [6.07, 6.45) is 0.713. The van der Waals surface area contributed by atoms with Gasteiger partial charge in [0, 0.05) is 120 Å². The van der Waals surface area contributed by atoms with Crippen LogP contribution in [0.3, 0.4) is 0 Å². The topological polar surface area (TPSA) is 72.3 Å². The van der Waals surface area contributed by atoms with Crippen LogP contribution < -0.4 is 0 Å². The van der Waals surface area contributed by atoms with E-state index in [1.54, 1.807) is 0 Å². The molecule has 8 aromatic heterocycles. The Labute approximate surface area is 846 Å². The predicted octanol–water partition coefficient (Wildman–Crippen LogP) is 36.2. The zero-order valence-corrected chi connectivity index (χ0v) is 80.6. The van der Waals surface area contributed by atoms with Crippen molar-refractivity contribution >= 4 is 175 Å². The Morgan fingerprint density at radius 2 is 0.419 bits per heavy atom. The average molecular weight is 1880 g/mol. The van der Waals surface area contributed by atoms with Crippen LogP contribution in [-0.4, -0.2) is 18.3 Å². The molecule has 0 fully saturated rings. The van der Waals surface area contributed by atoms with Crippen molar-refractivity contribution in [3.63, 3.8) is 0 Å². The molecule has 6 aliphatic carbocycles. The van der Waals surface area contributed by atoms with Crippen molar-refractivity contribution in [2.24, 2.45) is 0 Å². The summed E-state index contributed by atoms with van der Waals surface area (Å²) in [6, 6.07) is 163. The van der Waals surface area contributed by atoms with E-state index in [1.165, 1.54) is 139 Å². The molecule has 0 amide bonds. The molecule has 0 aliphatic heterocycles. The number of furan rings is 4. The molecule has 0 saturated carbocycles. The highest BCUT2D eigenvalue weighted by Crippen LogP contribution is 2.67. The molecule has 0 N–H and O–H groups in total. The van der Waals surface area contributed by atoms with E-state index in [2.05, 4.69) is 470 Å². The number of aromatic nitrogens is 4. The molecule has 0 radical (unpaired) electrons. The van der Waals surface area contributed by atoms with Crippen LogP contribution in [0.1, 0.15) is 93.1 Å². The quantitative estimate of drug-likeness (QED) is 0.166. The van der Waals surface area contributed by atoms with Gasteiger partial charge in [-0.1, -0.05) is 306 Å². The molecule has 0 bridgehead atoms. The minimum absolute atomic E-state index is 0.159. The van der Waals surface area contributed by atoms with Crippen molar-refractivity contribution in [2.75, 3.05) is 0 Å². The maximum atomic E-state index is 7.54. The van der Waals surface area contributed by atoms with Crippen molar-refractivity contribution in [1.82, 2.24) is 18.3 Å². The van der Waals surface area contributed by atoms with Crippen LogP contribution in [-0.2, 0) is 28.1 Å². The van der Waals surface area contributed by atoms with Gasteiger partial charge >= 0.3 is 0 Å². The van der Waals surface area contributed by atoms with E-state index >= 15 is 0 Å². The second kappa shape index (κ2) is 27.2. The summed E-state index contributed by atoms with van der Waals surface area (Å²) < 4.78 is 38.4. The van der Waals surface area contributed by atoms with E-state index in [4.69, 9.17) is 17.7 Å². The molecule has 148 heavy (non-hydrogen) atoms. The number of hydrogen-bond donors (Lipinski definition) is 0. The van der Waals surface area contributed by atoms with E-state index in [1.807, 2.05) is 0 Å². The lowest BCUT2D eigenvalue weighted by Crippen LogP contribution is -2.25. The summed E-state index contributed by atoms with van der Waals surface area (Å²) in [5, 5.41) is 17.9. The van der Waals surface area contributed by atoms with Crippen LogP contribution in [0.5, 0.6) is 0 Å². The van der Waals surface area contributed by atoms with E-state index in [0.29, 0.717) is 6.42 Å². The van der Waals surface area contributed by atoms with Crippen molar-refractivity contribution in [3.05, 3.63) is 503 Å². The SMILES string of the molecule is CC1(C)c2ccccc2-c2cc(-n3c4cc5c(cc4c4c6c(ccc43)oc3ccccc36)c3c4c(ccc3n5-c3ccc5c(c3)-c3ccccc3C5(C)Cc3ccc5c(c3)oc3ccc6c(c7cc8c9c%10c(ccc9n(-c9ccc%11c(c9)-c9ccccc9C%119c%11ccccc%11-c%11ccccc%119)c8cc7n6-c6ccc7c(c6)-c6ccccc6C76c7ccccc7-c7ccccc76)oc6ccccc6%10)c35)oc3ccccc34)ccc21. The van der Waals surface area contributed by atoms with Gasteiger partial charge in [-0.2, -0.15) is 0 Å². The fourth-order valence-electron chi connectivity index (χ4n) is 30.2. The number of hydrogen-bond acceptors (Lipinski definition) is 4. The fourth-order valence-corrected chi connectivity index (χ4v) is 30.2. The summed E-state index contributed by atoms with van der Waals surface area (Å²) >= 11 is 0. The molecule has 30 aromatic rings. The molecule has 1 atom stereocenters. The summed E-state index contributed by atoms with van der Waals surface area (Å²) in [5.74, 6) is 0. The third kappa shape index (κ3) is 9.41. The first-order valence-corrected chi connectivity index (χ1v) is 51.8. The molecular formula is C140H82N4O4. The molecule has 8 heterocycles. The third-order valence-corrected chi connectivity index (χ3v) is 36.0. The molecule has 1 unspecified atom stereocenters. The van der Waals surface area contributed by atoms with E-state index in [9.17, 15) is 0 Å². The van der Waals surface area contributed by atoms with Crippen LogP contribution in [0, 0.1) is 0 Å². The number of fused-ring (bicyclic) bond motifs is 54. The van der Waals surface area contributed by atoms with Crippen LogP contribution in [0.25, 0.3) is 264 Å². The van der Waals surface area contributed by atoms with Gasteiger partial charge in [-0.15, -0.1) is 0 Å². The van der Waals surface area contributed by atoms with Gasteiger partial charge < -0.3 is 35.9 Å². The van der Waals surface area contributed by atoms with E-state index in [0.717, 1.165) is 198 Å². The van der Waals surface area contributed by atoms with Crippen molar-refractivity contribution in [3.8, 4) is 89.5 Å². The lowest BCUT2D eigenvalue weighted by atomic mass is 9.70. The molecule has 2 spiro atoms. The minimum Gasteiger partial charge on any atom is -0.456 e. The van der Waals surface area contributed by atoms with Gasteiger partial charge in [-0.25, -0.2) is 0 Å². The first-order chi connectivity index (χ1) is 73.0. The zero-order valence-electron chi connectivity index (χ0n) is 80.6. The molecule has 22 aromatic carbocycles.